The lowest BCUT2D eigenvalue weighted by molar-refractivity contribution is -0.137. The molecule has 26 heavy (non-hydrogen) atoms. The second-order valence-corrected chi connectivity index (χ2v) is 8.87. The first-order chi connectivity index (χ1) is 12.2. The Balaban J connectivity index is 1.94. The van der Waals surface area contributed by atoms with Gasteiger partial charge in [0.1, 0.15) is 0 Å². The molecular weight excluding hydrogens is 332 g/mol. The van der Waals surface area contributed by atoms with Crippen LogP contribution in [0.15, 0.2) is 23.2 Å². The molecule has 0 amide bonds. The van der Waals surface area contributed by atoms with Crippen molar-refractivity contribution in [1.29, 1.82) is 0 Å². The minimum absolute atomic E-state index is 0.0952. The van der Waals surface area contributed by atoms with E-state index in [0.717, 1.165) is 24.8 Å². The highest BCUT2D eigenvalue weighted by Gasteiger charge is 2.78. The Kier molecular flexibility index (Phi) is 4.05. The van der Waals surface area contributed by atoms with Gasteiger partial charge in [0.05, 0.1) is 23.7 Å². The molecule has 4 aliphatic carbocycles. The van der Waals surface area contributed by atoms with Crippen molar-refractivity contribution in [3.63, 3.8) is 0 Å². The summed E-state index contributed by atoms with van der Waals surface area (Å²) in [5, 5.41) is 22.3. The fourth-order valence-corrected chi connectivity index (χ4v) is 5.98. The number of fused-ring (bicyclic) bond motifs is 3. The molecule has 0 aliphatic heterocycles. The van der Waals surface area contributed by atoms with Crippen molar-refractivity contribution in [2.24, 2.45) is 17.3 Å². The molecule has 5 atom stereocenters. The highest BCUT2D eigenvalue weighted by atomic mass is 16.5. The molecule has 144 valence electrons. The highest BCUT2D eigenvalue weighted by Crippen LogP contribution is 2.71. The lowest BCUT2D eigenvalue weighted by atomic mass is 9.70. The maximum Gasteiger partial charge on any atom is 0.211 e. The third-order valence-corrected chi connectivity index (χ3v) is 6.67. The van der Waals surface area contributed by atoms with Crippen LogP contribution in [0.1, 0.15) is 59.8 Å². The van der Waals surface area contributed by atoms with Crippen LogP contribution in [0.4, 0.5) is 0 Å². The molecule has 0 saturated heterocycles. The van der Waals surface area contributed by atoms with Crippen molar-refractivity contribution in [2.75, 3.05) is 0 Å². The molecule has 1 spiro atoms. The number of aliphatic hydroxyl groups excluding tert-OH is 1. The maximum absolute atomic E-state index is 13.6. The highest BCUT2D eigenvalue weighted by molar-refractivity contribution is 6.05. The summed E-state index contributed by atoms with van der Waals surface area (Å²) in [7, 11) is 0. The molecule has 0 radical (unpaired) electrons. The number of hydrogen-bond donors (Lipinski definition) is 2. The quantitative estimate of drug-likeness (QED) is 0.752. The third-order valence-electron chi connectivity index (χ3n) is 6.67. The molecule has 5 nitrogen and oxygen atoms in total. The first-order valence-electron chi connectivity index (χ1n) is 9.99. The molecule has 0 aromatic carbocycles. The van der Waals surface area contributed by atoms with Crippen LogP contribution in [0.3, 0.4) is 0 Å². The summed E-state index contributed by atoms with van der Waals surface area (Å²) in [5.41, 5.74) is -1.58. The third kappa shape index (κ3) is 2.07. The van der Waals surface area contributed by atoms with Crippen LogP contribution in [0.2, 0.25) is 0 Å². The van der Waals surface area contributed by atoms with E-state index in [1.807, 2.05) is 27.7 Å². The second-order valence-electron chi connectivity index (χ2n) is 8.87. The number of hydrogen-bond acceptors (Lipinski definition) is 5. The smallest absolute Gasteiger partial charge is 0.211 e. The molecule has 0 bridgehead atoms. The van der Waals surface area contributed by atoms with Crippen molar-refractivity contribution in [3.8, 4) is 0 Å². The minimum Gasteiger partial charge on any atom is -0.488 e. The molecular formula is C21H30O5. The Morgan fingerprint density at radius 1 is 1.12 bits per heavy atom. The Morgan fingerprint density at radius 2 is 1.81 bits per heavy atom. The maximum atomic E-state index is 13.6. The molecule has 0 unspecified atom stereocenters. The molecule has 2 fully saturated rings. The summed E-state index contributed by atoms with van der Waals surface area (Å²) in [4.78, 5) is 13.6. The normalized spacial score (nSPS) is 41.5. The number of allylic oxidation sites excluding steroid dienone is 1. The van der Waals surface area contributed by atoms with Gasteiger partial charge in [0.25, 0.3) is 0 Å². The molecule has 2 saturated carbocycles. The Hall–Kier alpha value is -1.33. The van der Waals surface area contributed by atoms with Gasteiger partial charge in [-0.2, -0.15) is 0 Å². The average Bonchev–Trinajstić information content (AvgIpc) is 3.13. The number of ether oxygens (including phenoxy) is 2. The summed E-state index contributed by atoms with van der Waals surface area (Å²) in [5.74, 6) is 0.610. The zero-order valence-corrected chi connectivity index (χ0v) is 16.1. The van der Waals surface area contributed by atoms with Crippen LogP contribution in [0.25, 0.3) is 0 Å². The number of carbonyl (C=O) groups is 1. The van der Waals surface area contributed by atoms with Crippen LogP contribution in [-0.4, -0.2) is 39.9 Å². The number of Topliss-reactive ketones (excluding diaryl/α,β-unsaturated/α-hetero) is 1. The molecule has 4 aliphatic rings. The predicted molar refractivity (Wildman–Crippen MR) is 96.0 cm³/mol. The van der Waals surface area contributed by atoms with E-state index in [9.17, 15) is 15.0 Å². The van der Waals surface area contributed by atoms with Gasteiger partial charge in [-0.05, 0) is 70.8 Å². The van der Waals surface area contributed by atoms with Crippen molar-refractivity contribution >= 4 is 5.78 Å². The fourth-order valence-electron chi connectivity index (χ4n) is 5.98. The minimum atomic E-state index is -1.48. The van der Waals surface area contributed by atoms with Crippen molar-refractivity contribution in [1.82, 2.24) is 0 Å². The molecule has 4 rings (SSSR count). The van der Waals surface area contributed by atoms with E-state index < -0.39 is 17.1 Å². The Morgan fingerprint density at radius 3 is 2.46 bits per heavy atom. The standard InChI is InChI=1S/C21H30O5/c1-11(2)25-17-18(23)20-9-5-6-15(20)14-8-7-13(22)10-16(14)21(20,24)19(17)26-12(3)4/h10-15,22,24H,5-9H2,1-4H3/t13-,14+,15+,20+,21+/m0/s1. The van der Waals surface area contributed by atoms with Crippen LogP contribution in [-0.2, 0) is 14.3 Å². The van der Waals surface area contributed by atoms with Gasteiger partial charge in [-0.15, -0.1) is 0 Å². The summed E-state index contributed by atoms with van der Waals surface area (Å²) in [6, 6.07) is 0. The van der Waals surface area contributed by atoms with Gasteiger partial charge in [0.15, 0.2) is 11.4 Å². The summed E-state index contributed by atoms with van der Waals surface area (Å²) < 4.78 is 12.0. The zero-order chi connectivity index (χ0) is 18.9. The summed E-state index contributed by atoms with van der Waals surface area (Å²) >= 11 is 0. The summed E-state index contributed by atoms with van der Waals surface area (Å²) in [6.07, 6.45) is 4.83. The largest absolute Gasteiger partial charge is 0.488 e. The van der Waals surface area contributed by atoms with E-state index in [0.29, 0.717) is 12.8 Å². The molecule has 2 N–H and O–H groups in total. The molecule has 0 heterocycles. The molecule has 0 aromatic rings. The van der Waals surface area contributed by atoms with Crippen LogP contribution >= 0.6 is 0 Å². The SMILES string of the molecule is CC(C)OC1=C(OC(C)C)[C@]2(O)C3=C[C@@H](O)CC[C@@H]3[C@H]3CCC[C@]32C1=O. The van der Waals surface area contributed by atoms with Crippen molar-refractivity contribution < 1.29 is 24.5 Å². The van der Waals surface area contributed by atoms with Gasteiger partial charge in [0, 0.05) is 0 Å². The van der Waals surface area contributed by atoms with Gasteiger partial charge in [-0.3, -0.25) is 4.79 Å². The zero-order valence-electron chi connectivity index (χ0n) is 16.1. The van der Waals surface area contributed by atoms with Gasteiger partial charge < -0.3 is 19.7 Å². The predicted octanol–water partition coefficient (Wildman–Crippen LogP) is 2.86. The van der Waals surface area contributed by atoms with Crippen molar-refractivity contribution in [2.45, 2.75) is 83.7 Å². The van der Waals surface area contributed by atoms with E-state index in [-0.39, 0.29) is 41.3 Å². The van der Waals surface area contributed by atoms with E-state index >= 15 is 0 Å². The average molecular weight is 362 g/mol. The molecule has 5 heteroatoms. The number of rotatable bonds is 4. The van der Waals surface area contributed by atoms with E-state index in [2.05, 4.69) is 0 Å². The Labute approximate surface area is 155 Å². The first-order valence-corrected chi connectivity index (χ1v) is 9.99. The van der Waals surface area contributed by atoms with E-state index in [4.69, 9.17) is 9.47 Å². The van der Waals surface area contributed by atoms with Gasteiger partial charge >= 0.3 is 0 Å². The monoisotopic (exact) mass is 362 g/mol. The van der Waals surface area contributed by atoms with Gasteiger partial charge in [-0.25, -0.2) is 0 Å². The molecule has 0 aromatic heterocycles. The van der Waals surface area contributed by atoms with Crippen LogP contribution in [0.5, 0.6) is 0 Å². The number of ketones is 1. The van der Waals surface area contributed by atoms with E-state index in [1.165, 1.54) is 0 Å². The number of aliphatic hydroxyl groups is 2. The Bertz CT molecular complexity index is 691. The van der Waals surface area contributed by atoms with Gasteiger partial charge in [-0.1, -0.05) is 12.5 Å². The fraction of sp³-hybridized carbons (Fsp3) is 0.762. The lowest BCUT2D eigenvalue weighted by Gasteiger charge is -2.37. The number of carbonyl (C=O) groups excluding carboxylic acids is 1. The second kappa shape index (κ2) is 5.83. The van der Waals surface area contributed by atoms with Crippen LogP contribution in [0, 0.1) is 17.3 Å². The lowest BCUT2D eigenvalue weighted by Crippen LogP contribution is -2.48. The summed E-state index contributed by atoms with van der Waals surface area (Å²) in [6.45, 7) is 7.53. The van der Waals surface area contributed by atoms with Crippen molar-refractivity contribution in [3.05, 3.63) is 23.2 Å². The topological polar surface area (TPSA) is 76.0 Å². The van der Waals surface area contributed by atoms with Crippen LogP contribution < -0.4 is 0 Å². The first kappa shape index (κ1) is 18.1. The van der Waals surface area contributed by atoms with Gasteiger partial charge in [0.2, 0.25) is 11.5 Å². The van der Waals surface area contributed by atoms with E-state index in [1.54, 1.807) is 6.08 Å².